The molecule has 7 nitrogen and oxygen atoms in total. The zero-order chi connectivity index (χ0) is 16.3. The minimum absolute atomic E-state index is 0.303. The van der Waals surface area contributed by atoms with Gasteiger partial charge in [-0.3, -0.25) is 4.79 Å². The molecule has 0 saturated carbocycles. The van der Waals surface area contributed by atoms with E-state index in [9.17, 15) is 14.4 Å². The molecule has 0 rings (SSSR count). The van der Waals surface area contributed by atoms with Gasteiger partial charge in [-0.2, -0.15) is 0 Å². The number of carbonyl (C=O) groups excluding carboxylic acids is 1. The fourth-order valence-electron chi connectivity index (χ4n) is 0.702. The second-order valence-electron chi connectivity index (χ2n) is 4.20. The van der Waals surface area contributed by atoms with Gasteiger partial charge < -0.3 is 19.8 Å². The molecule has 0 atom stereocenters. The summed E-state index contributed by atoms with van der Waals surface area (Å²) in [5, 5.41) is 16.1. The van der Waals surface area contributed by atoms with Crippen LogP contribution in [0, 0.1) is 0 Å². The van der Waals surface area contributed by atoms with E-state index in [2.05, 4.69) is 13.2 Å². The van der Waals surface area contributed by atoms with E-state index in [4.69, 9.17) is 14.9 Å². The second kappa shape index (κ2) is 10.7. The van der Waals surface area contributed by atoms with Crippen LogP contribution in [0.4, 0.5) is 0 Å². The molecular formula is C13H21NO6. The lowest BCUT2D eigenvalue weighted by atomic mass is 10.2. The molecule has 0 aliphatic heterocycles. The molecule has 0 aliphatic carbocycles. The number of carboxylic acid groups (broad SMARTS) is 2. The van der Waals surface area contributed by atoms with Crippen molar-refractivity contribution < 1.29 is 29.3 Å². The largest absolute Gasteiger partial charge is 0.481 e. The molecule has 114 valence electrons. The van der Waals surface area contributed by atoms with Crippen LogP contribution in [-0.4, -0.2) is 60.3 Å². The van der Waals surface area contributed by atoms with E-state index >= 15 is 0 Å². The first kappa shape index (κ1) is 20.2. The van der Waals surface area contributed by atoms with E-state index < -0.39 is 18.4 Å². The summed E-state index contributed by atoms with van der Waals surface area (Å²) in [6.07, 6.45) is -0.505. The first-order chi connectivity index (χ1) is 9.07. The minimum Gasteiger partial charge on any atom is -0.481 e. The van der Waals surface area contributed by atoms with Gasteiger partial charge >= 0.3 is 17.9 Å². The molecule has 0 bridgehead atoms. The van der Waals surface area contributed by atoms with Gasteiger partial charge in [0.2, 0.25) is 0 Å². The van der Waals surface area contributed by atoms with E-state index in [-0.39, 0.29) is 11.5 Å². The van der Waals surface area contributed by atoms with Gasteiger partial charge in [0.05, 0.1) is 6.42 Å². The van der Waals surface area contributed by atoms with Crippen LogP contribution in [0.15, 0.2) is 24.3 Å². The number of likely N-dealkylation sites (N-methyl/N-ethyl adjacent to an activating group) is 1. The van der Waals surface area contributed by atoms with Crippen molar-refractivity contribution in [2.45, 2.75) is 13.3 Å². The molecule has 0 heterocycles. The first-order valence-corrected chi connectivity index (χ1v) is 5.68. The van der Waals surface area contributed by atoms with Crippen LogP contribution in [0.3, 0.4) is 0 Å². The zero-order valence-electron chi connectivity index (χ0n) is 12.0. The first-order valence-electron chi connectivity index (χ1n) is 5.68. The van der Waals surface area contributed by atoms with E-state index in [0.717, 1.165) is 6.54 Å². The third-order valence-electron chi connectivity index (χ3n) is 1.79. The molecule has 0 spiro atoms. The van der Waals surface area contributed by atoms with E-state index in [1.165, 1.54) is 0 Å². The number of rotatable bonds is 7. The maximum atomic E-state index is 10.8. The number of nitrogens with zero attached hydrogens (tertiary/aromatic N) is 1. The summed E-state index contributed by atoms with van der Waals surface area (Å²) in [4.78, 5) is 32.4. The maximum absolute atomic E-state index is 10.8. The molecule has 0 aliphatic rings. The van der Waals surface area contributed by atoms with Gasteiger partial charge in [0.1, 0.15) is 6.61 Å². The number of hydrogen-bond acceptors (Lipinski definition) is 5. The normalized spacial score (nSPS) is 9.20. The lowest BCUT2D eigenvalue weighted by molar-refractivity contribution is -0.139. The number of esters is 1. The summed E-state index contributed by atoms with van der Waals surface area (Å²) >= 11 is 0. The lowest BCUT2D eigenvalue weighted by Crippen LogP contribution is -2.20. The summed E-state index contributed by atoms with van der Waals surface area (Å²) in [7, 11) is 3.85. The van der Waals surface area contributed by atoms with Gasteiger partial charge in [0, 0.05) is 17.7 Å². The number of carbonyl (C=O) groups is 3. The van der Waals surface area contributed by atoms with Crippen molar-refractivity contribution in [2.75, 3.05) is 27.2 Å². The molecule has 0 unspecified atom stereocenters. The quantitative estimate of drug-likeness (QED) is 0.526. The van der Waals surface area contributed by atoms with Crippen LogP contribution in [0.1, 0.15) is 13.3 Å². The van der Waals surface area contributed by atoms with Gasteiger partial charge in [0.25, 0.3) is 0 Å². The van der Waals surface area contributed by atoms with Crippen molar-refractivity contribution in [2.24, 2.45) is 0 Å². The average molecular weight is 287 g/mol. The lowest BCUT2D eigenvalue weighted by Gasteiger charge is -2.09. The Bertz CT molecular complexity index is 386. The Labute approximate surface area is 118 Å². The second-order valence-corrected chi connectivity index (χ2v) is 4.20. The van der Waals surface area contributed by atoms with Crippen LogP contribution in [0.2, 0.25) is 0 Å². The molecule has 20 heavy (non-hydrogen) atoms. The Morgan fingerprint density at radius 3 is 1.90 bits per heavy atom. The van der Waals surface area contributed by atoms with Crippen LogP contribution in [0.25, 0.3) is 0 Å². The molecule has 0 aromatic carbocycles. The van der Waals surface area contributed by atoms with Crippen LogP contribution < -0.4 is 0 Å². The molecule has 0 radical (unpaired) electrons. The van der Waals surface area contributed by atoms with E-state index in [1.807, 2.05) is 19.0 Å². The standard InChI is InChI=1S/C8H15NO2.C5H6O4/c1-7(2)8(10)11-6-5-9(3)4;1-3(5(8)9)2-4(6)7/h1,5-6H2,2-4H3;1-2H2,(H,6,7)(H,8,9). The Hall–Kier alpha value is -2.15. The Morgan fingerprint density at radius 2 is 1.65 bits per heavy atom. The van der Waals surface area contributed by atoms with Gasteiger partial charge in [0.15, 0.2) is 0 Å². The summed E-state index contributed by atoms with van der Waals surface area (Å²) in [5.41, 5.74) is 0.145. The van der Waals surface area contributed by atoms with E-state index in [1.54, 1.807) is 6.92 Å². The van der Waals surface area contributed by atoms with Gasteiger partial charge in [-0.1, -0.05) is 13.2 Å². The monoisotopic (exact) mass is 287 g/mol. The van der Waals surface area contributed by atoms with Crippen molar-refractivity contribution in [3.05, 3.63) is 24.3 Å². The smallest absolute Gasteiger partial charge is 0.333 e. The molecule has 0 amide bonds. The van der Waals surface area contributed by atoms with Crippen molar-refractivity contribution >= 4 is 17.9 Å². The summed E-state index contributed by atoms with van der Waals surface area (Å²) < 4.78 is 4.83. The highest BCUT2D eigenvalue weighted by atomic mass is 16.5. The highest BCUT2D eigenvalue weighted by Gasteiger charge is 2.07. The Balaban J connectivity index is 0. The number of ether oxygens (including phenoxy) is 1. The Morgan fingerprint density at radius 1 is 1.15 bits per heavy atom. The molecular weight excluding hydrogens is 266 g/mol. The van der Waals surface area contributed by atoms with Gasteiger partial charge in [-0.05, 0) is 21.0 Å². The molecule has 2 N–H and O–H groups in total. The third kappa shape index (κ3) is 13.9. The summed E-state index contributed by atoms with van der Waals surface area (Å²) in [6.45, 7) is 9.29. The predicted octanol–water partition coefficient (Wildman–Crippen LogP) is 0.769. The van der Waals surface area contributed by atoms with Gasteiger partial charge in [-0.15, -0.1) is 0 Å². The molecule has 0 aromatic rings. The number of hydrogen-bond donors (Lipinski definition) is 2. The molecule has 7 heteroatoms. The highest BCUT2D eigenvalue weighted by molar-refractivity contribution is 5.91. The highest BCUT2D eigenvalue weighted by Crippen LogP contribution is 1.95. The maximum Gasteiger partial charge on any atom is 0.333 e. The number of carboxylic acids is 2. The van der Waals surface area contributed by atoms with Crippen molar-refractivity contribution in [1.29, 1.82) is 0 Å². The van der Waals surface area contributed by atoms with Crippen molar-refractivity contribution in [3.63, 3.8) is 0 Å². The predicted molar refractivity (Wildman–Crippen MR) is 73.4 cm³/mol. The summed E-state index contributed by atoms with van der Waals surface area (Å²) in [6, 6.07) is 0. The van der Waals surface area contributed by atoms with E-state index in [0.29, 0.717) is 12.2 Å². The van der Waals surface area contributed by atoms with Crippen LogP contribution in [0.5, 0.6) is 0 Å². The molecule has 0 saturated heterocycles. The number of aliphatic carboxylic acids is 2. The topological polar surface area (TPSA) is 104 Å². The van der Waals surface area contributed by atoms with Crippen LogP contribution >= 0.6 is 0 Å². The molecule has 0 aromatic heterocycles. The SMILES string of the molecule is C=C(C)C(=O)OCCN(C)C.C=C(CC(=O)O)C(=O)O. The van der Waals surface area contributed by atoms with Gasteiger partial charge in [-0.25, -0.2) is 9.59 Å². The third-order valence-corrected chi connectivity index (χ3v) is 1.79. The average Bonchev–Trinajstić information content (AvgIpc) is 2.27. The fourth-order valence-corrected chi connectivity index (χ4v) is 0.702. The zero-order valence-corrected chi connectivity index (χ0v) is 12.0. The van der Waals surface area contributed by atoms with Crippen molar-refractivity contribution in [3.8, 4) is 0 Å². The Kier molecular flexibility index (Phi) is 10.8. The minimum atomic E-state index is -1.27. The molecule has 0 fully saturated rings. The van der Waals surface area contributed by atoms with Crippen LogP contribution in [-0.2, 0) is 19.1 Å². The summed E-state index contributed by atoms with van der Waals surface area (Å²) in [5.74, 6) is -2.76. The van der Waals surface area contributed by atoms with Crippen molar-refractivity contribution in [1.82, 2.24) is 4.90 Å². The fraction of sp³-hybridized carbons (Fsp3) is 0.462.